The van der Waals surface area contributed by atoms with Gasteiger partial charge in [-0.3, -0.25) is 24.3 Å². The van der Waals surface area contributed by atoms with Gasteiger partial charge in [0.05, 0.1) is 11.1 Å². The number of rotatable bonds is 6. The number of hydrogen-bond donors (Lipinski definition) is 6. The van der Waals surface area contributed by atoms with Crippen LogP contribution in [0.3, 0.4) is 0 Å². The number of anilines is 1. The van der Waals surface area contributed by atoms with Crippen molar-refractivity contribution in [3.8, 4) is 17.2 Å². The Bertz CT molecular complexity index is 1420. The van der Waals surface area contributed by atoms with Crippen LogP contribution in [-0.2, 0) is 15.0 Å². The van der Waals surface area contributed by atoms with Crippen LogP contribution in [0.15, 0.2) is 23.1 Å². The lowest BCUT2D eigenvalue weighted by Crippen LogP contribution is -2.41. The molecule has 1 aromatic heterocycles. The fourth-order valence-corrected chi connectivity index (χ4v) is 4.34. The lowest BCUT2D eigenvalue weighted by molar-refractivity contribution is -0.123. The van der Waals surface area contributed by atoms with Gasteiger partial charge < -0.3 is 31.3 Å². The number of nitrogens with one attached hydrogen (secondary N) is 3. The summed E-state index contributed by atoms with van der Waals surface area (Å²) in [5.41, 5.74) is 3.69. The summed E-state index contributed by atoms with van der Waals surface area (Å²) in [6.07, 6.45) is 1.13. The summed E-state index contributed by atoms with van der Waals surface area (Å²) in [6.45, 7) is 5.93. The van der Waals surface area contributed by atoms with Crippen molar-refractivity contribution < 1.29 is 34.1 Å². The number of aromatic nitrogens is 3. The van der Waals surface area contributed by atoms with Crippen LogP contribution in [0.1, 0.15) is 52.9 Å². The maximum atomic E-state index is 13.7. The van der Waals surface area contributed by atoms with Crippen LogP contribution in [0.25, 0.3) is 0 Å². The normalized spacial score (nSPS) is 19.7. The molecule has 1 unspecified atom stereocenters. The minimum atomic E-state index is -1.60. The van der Waals surface area contributed by atoms with E-state index >= 15 is 0 Å². The van der Waals surface area contributed by atoms with Crippen LogP contribution < -0.4 is 21.1 Å². The number of nitrogens with two attached hydrogens (primary N) is 1. The molecule has 13 heteroatoms. The zero-order valence-electron chi connectivity index (χ0n) is 19.9. The number of fused-ring (bicyclic) bond motifs is 3. The molecule has 2 aliphatic rings. The van der Waals surface area contributed by atoms with E-state index in [0.717, 1.165) is 6.08 Å². The summed E-state index contributed by atoms with van der Waals surface area (Å²) >= 11 is 0. The standard InChI is InChI=1S/C23H24N6O7/c1-8-16(32)14(10(3)30)18-15(17(8)33)23(4)12(36-18)7-11(31)13(19(23)34)9(2)25-5-6-26-21(35)20-27-22(24)29-28-20/h7,25,32-33H,5-6H2,1-4H3,(H,26,35)(H3,24,27,28,29)/b13-9+. The SMILES string of the molecule is CC(=O)c1c(O)c(C)c(O)c2c1OC1=CC(=O)/C(=C(/C)NCCNC(=O)c3nc(N)n[nH]3)C(=O)C12C. The molecular formula is C23H24N6O7. The third kappa shape index (κ3) is 3.56. The van der Waals surface area contributed by atoms with Gasteiger partial charge in [-0.05, 0) is 27.7 Å². The first-order valence-electron chi connectivity index (χ1n) is 10.9. The molecule has 0 bridgehead atoms. The summed E-state index contributed by atoms with van der Waals surface area (Å²) in [5, 5.41) is 32.7. The number of allylic oxidation sites excluding steroid dienone is 4. The van der Waals surface area contributed by atoms with Crippen molar-refractivity contribution in [2.75, 3.05) is 18.8 Å². The largest absolute Gasteiger partial charge is 0.507 e. The van der Waals surface area contributed by atoms with Crippen LogP contribution in [0.2, 0.25) is 0 Å². The van der Waals surface area contributed by atoms with E-state index in [-0.39, 0.29) is 64.3 Å². The highest BCUT2D eigenvalue weighted by atomic mass is 16.5. The van der Waals surface area contributed by atoms with E-state index in [1.807, 2.05) is 0 Å². The number of carbonyl (C=O) groups excluding carboxylic acids is 4. The Labute approximate surface area is 204 Å². The quantitative estimate of drug-likeness (QED) is 0.138. The van der Waals surface area contributed by atoms with E-state index in [4.69, 9.17) is 10.5 Å². The summed E-state index contributed by atoms with van der Waals surface area (Å²) < 4.78 is 5.73. The van der Waals surface area contributed by atoms with Crippen molar-refractivity contribution in [2.24, 2.45) is 0 Å². The number of ether oxygens (including phenoxy) is 1. The minimum Gasteiger partial charge on any atom is -0.507 e. The van der Waals surface area contributed by atoms with Gasteiger partial charge in [-0.1, -0.05) is 0 Å². The minimum absolute atomic E-state index is 0.00986. The number of aromatic hydroxyl groups is 2. The average Bonchev–Trinajstić information content (AvgIpc) is 3.36. The maximum Gasteiger partial charge on any atom is 0.288 e. The van der Waals surface area contributed by atoms with Crippen molar-refractivity contribution >= 4 is 29.2 Å². The molecule has 1 aliphatic carbocycles. The number of ketones is 3. The van der Waals surface area contributed by atoms with E-state index in [9.17, 15) is 29.4 Å². The van der Waals surface area contributed by atoms with Crippen LogP contribution in [0.4, 0.5) is 5.95 Å². The van der Waals surface area contributed by atoms with E-state index in [2.05, 4.69) is 25.8 Å². The smallest absolute Gasteiger partial charge is 0.288 e. The molecule has 1 aromatic carbocycles. The molecule has 1 atom stereocenters. The molecule has 4 rings (SSSR count). The highest BCUT2D eigenvalue weighted by Crippen LogP contribution is 2.57. The van der Waals surface area contributed by atoms with Crippen molar-refractivity contribution in [2.45, 2.75) is 33.1 Å². The van der Waals surface area contributed by atoms with Crippen molar-refractivity contribution in [3.05, 3.63) is 45.6 Å². The number of carbonyl (C=O) groups is 4. The van der Waals surface area contributed by atoms with Gasteiger partial charge in [-0.15, -0.1) is 5.10 Å². The lowest BCUT2D eigenvalue weighted by Gasteiger charge is -2.29. The zero-order chi connectivity index (χ0) is 26.5. The monoisotopic (exact) mass is 496 g/mol. The predicted octanol–water partition coefficient (Wildman–Crippen LogP) is 0.289. The number of nitrogens with zero attached hydrogens (tertiary/aromatic N) is 2. The van der Waals surface area contributed by atoms with E-state index in [0.29, 0.717) is 0 Å². The van der Waals surface area contributed by atoms with Gasteiger partial charge in [-0.25, -0.2) is 0 Å². The summed E-state index contributed by atoms with van der Waals surface area (Å²) in [4.78, 5) is 54.6. The fourth-order valence-electron chi connectivity index (χ4n) is 4.34. The molecule has 0 fully saturated rings. The molecule has 0 spiro atoms. The van der Waals surface area contributed by atoms with Crippen LogP contribution in [-0.4, -0.2) is 61.7 Å². The molecule has 0 saturated heterocycles. The first-order chi connectivity index (χ1) is 16.9. The number of aromatic amines is 1. The van der Waals surface area contributed by atoms with Gasteiger partial charge >= 0.3 is 0 Å². The molecule has 2 heterocycles. The van der Waals surface area contributed by atoms with Crippen LogP contribution in [0.5, 0.6) is 17.2 Å². The maximum absolute atomic E-state index is 13.7. The highest BCUT2D eigenvalue weighted by Gasteiger charge is 2.56. The number of hydrogen-bond acceptors (Lipinski definition) is 11. The second-order valence-electron chi connectivity index (χ2n) is 8.61. The van der Waals surface area contributed by atoms with E-state index < -0.39 is 40.2 Å². The molecule has 36 heavy (non-hydrogen) atoms. The molecule has 0 radical (unpaired) electrons. The highest BCUT2D eigenvalue weighted by molar-refractivity contribution is 6.31. The second kappa shape index (κ2) is 8.52. The van der Waals surface area contributed by atoms with Crippen LogP contribution >= 0.6 is 0 Å². The first-order valence-corrected chi connectivity index (χ1v) is 10.9. The summed E-state index contributed by atoms with van der Waals surface area (Å²) in [7, 11) is 0. The Morgan fingerprint density at radius 3 is 2.44 bits per heavy atom. The number of amides is 1. The van der Waals surface area contributed by atoms with Gasteiger partial charge in [0.15, 0.2) is 17.3 Å². The molecular weight excluding hydrogens is 472 g/mol. The van der Waals surface area contributed by atoms with Crippen molar-refractivity contribution in [1.29, 1.82) is 0 Å². The average molecular weight is 496 g/mol. The van der Waals surface area contributed by atoms with E-state index in [1.165, 1.54) is 27.7 Å². The molecule has 1 aliphatic heterocycles. The Kier molecular flexibility index (Phi) is 5.78. The third-order valence-electron chi connectivity index (χ3n) is 6.28. The Balaban J connectivity index is 1.62. The predicted molar refractivity (Wildman–Crippen MR) is 124 cm³/mol. The molecule has 2 aromatic rings. The van der Waals surface area contributed by atoms with Gasteiger partial charge in [0.1, 0.15) is 34.0 Å². The summed E-state index contributed by atoms with van der Waals surface area (Å²) in [5.74, 6) is -3.53. The number of benzene rings is 1. The van der Waals surface area contributed by atoms with Crippen molar-refractivity contribution in [3.63, 3.8) is 0 Å². The van der Waals surface area contributed by atoms with Crippen LogP contribution in [0, 0.1) is 6.92 Å². The summed E-state index contributed by atoms with van der Waals surface area (Å²) in [6, 6.07) is 0. The Morgan fingerprint density at radius 1 is 1.17 bits per heavy atom. The number of phenolic OH excluding ortho intramolecular Hbond substituents is 2. The molecule has 7 N–H and O–H groups in total. The van der Waals surface area contributed by atoms with E-state index in [1.54, 1.807) is 0 Å². The lowest BCUT2D eigenvalue weighted by atomic mass is 9.70. The molecule has 1 amide bonds. The second-order valence-corrected chi connectivity index (χ2v) is 8.61. The van der Waals surface area contributed by atoms with Gasteiger partial charge in [0.2, 0.25) is 11.8 Å². The number of Topliss-reactive ketones (excluding diaryl/α,β-unsaturated/α-hetero) is 2. The number of nitrogen functional groups attached to an aromatic ring is 1. The van der Waals surface area contributed by atoms with Gasteiger partial charge in [0.25, 0.3) is 5.91 Å². The fraction of sp³-hybridized carbons (Fsp3) is 0.304. The Morgan fingerprint density at radius 2 is 1.83 bits per heavy atom. The number of H-pyrrole nitrogens is 1. The number of phenols is 2. The van der Waals surface area contributed by atoms with Crippen molar-refractivity contribution in [1.82, 2.24) is 25.8 Å². The third-order valence-corrected chi connectivity index (χ3v) is 6.28. The molecule has 0 saturated carbocycles. The first kappa shape index (κ1) is 24.4. The van der Waals surface area contributed by atoms with Gasteiger partial charge in [-0.2, -0.15) is 4.98 Å². The molecule has 188 valence electrons. The van der Waals surface area contributed by atoms with Gasteiger partial charge in [0, 0.05) is 30.4 Å². The molecule has 13 nitrogen and oxygen atoms in total. The topological polar surface area (TPSA) is 210 Å². The zero-order valence-corrected chi connectivity index (χ0v) is 19.9. The Hall–Kier alpha value is -4.68.